The summed E-state index contributed by atoms with van der Waals surface area (Å²) < 4.78 is 0. The molecule has 1 fully saturated rings. The summed E-state index contributed by atoms with van der Waals surface area (Å²) in [5.41, 5.74) is 0.296. The number of carbonyl (C=O) groups is 2. The number of nitriles is 1. The molecule has 7 nitrogen and oxygen atoms in total. The smallest absolute Gasteiger partial charge is 0.271 e. The second-order valence-electron chi connectivity index (χ2n) is 4.51. The minimum absolute atomic E-state index is 0.0904. The summed E-state index contributed by atoms with van der Waals surface area (Å²) in [7, 11) is 0. The van der Waals surface area contributed by atoms with Crippen LogP contribution < -0.4 is 0 Å². The zero-order chi connectivity index (χ0) is 14.5. The van der Waals surface area contributed by atoms with Gasteiger partial charge in [-0.1, -0.05) is 0 Å². The van der Waals surface area contributed by atoms with E-state index in [4.69, 9.17) is 10.4 Å². The van der Waals surface area contributed by atoms with E-state index in [1.165, 1.54) is 4.90 Å². The fraction of sp³-hybridized carbons (Fsp3) is 0.667. The van der Waals surface area contributed by atoms with Crippen molar-refractivity contribution in [2.75, 3.05) is 31.2 Å². The molecule has 1 saturated heterocycles. The van der Waals surface area contributed by atoms with Crippen LogP contribution in [0.5, 0.6) is 0 Å². The summed E-state index contributed by atoms with van der Waals surface area (Å²) in [6.07, 6.45) is 0.506. The average molecular weight is 296 g/mol. The Hall–Kier alpha value is -1.59. The Balaban J connectivity index is 2.13. The van der Waals surface area contributed by atoms with Gasteiger partial charge in [-0.3, -0.25) is 9.59 Å². The first kappa shape index (κ1) is 14.8. The molecule has 0 radical (unpaired) electrons. The molecule has 0 aromatic carbocycles. The van der Waals surface area contributed by atoms with Crippen molar-refractivity contribution in [1.82, 2.24) is 9.91 Å². The average Bonchev–Trinajstić information content (AvgIpc) is 2.49. The van der Waals surface area contributed by atoms with Crippen molar-refractivity contribution in [2.24, 2.45) is 5.10 Å². The van der Waals surface area contributed by atoms with Crippen molar-refractivity contribution >= 4 is 29.3 Å². The Morgan fingerprint density at radius 2 is 2.35 bits per heavy atom. The van der Waals surface area contributed by atoms with Gasteiger partial charge in [0.25, 0.3) is 5.91 Å². The van der Waals surface area contributed by atoms with E-state index in [1.54, 1.807) is 11.8 Å². The fourth-order valence-corrected chi connectivity index (χ4v) is 3.11. The molecule has 0 bridgehead atoms. The van der Waals surface area contributed by atoms with Gasteiger partial charge in [0.05, 0.1) is 19.2 Å². The standard InChI is InChI=1S/C12H16N4O3S/c13-7-9-8-20-6-4-15(9)12(19)10-1-2-11(18)16(14-10)3-5-17/h9,17H,1-6,8H2. The van der Waals surface area contributed by atoms with Crippen LogP contribution in [0.3, 0.4) is 0 Å². The maximum absolute atomic E-state index is 12.4. The molecule has 1 N–H and O–H groups in total. The molecule has 0 spiro atoms. The lowest BCUT2D eigenvalue weighted by Crippen LogP contribution is -2.49. The largest absolute Gasteiger partial charge is 0.394 e. The molecule has 0 saturated carbocycles. The van der Waals surface area contributed by atoms with E-state index in [9.17, 15) is 9.59 Å². The molecular formula is C12H16N4O3S. The number of thioether (sulfide) groups is 1. The van der Waals surface area contributed by atoms with Crippen LogP contribution >= 0.6 is 11.8 Å². The highest BCUT2D eigenvalue weighted by Crippen LogP contribution is 2.18. The fourth-order valence-electron chi connectivity index (χ4n) is 2.14. The van der Waals surface area contributed by atoms with Gasteiger partial charge in [0.1, 0.15) is 11.8 Å². The lowest BCUT2D eigenvalue weighted by Gasteiger charge is -2.32. The predicted molar refractivity (Wildman–Crippen MR) is 73.9 cm³/mol. The highest BCUT2D eigenvalue weighted by molar-refractivity contribution is 7.99. The first-order valence-electron chi connectivity index (χ1n) is 6.44. The quantitative estimate of drug-likeness (QED) is 0.752. The van der Waals surface area contributed by atoms with E-state index in [0.29, 0.717) is 24.4 Å². The molecule has 8 heteroatoms. The third-order valence-electron chi connectivity index (χ3n) is 3.20. The van der Waals surface area contributed by atoms with E-state index in [-0.39, 0.29) is 31.4 Å². The zero-order valence-electron chi connectivity index (χ0n) is 11.0. The van der Waals surface area contributed by atoms with Crippen molar-refractivity contribution in [2.45, 2.75) is 18.9 Å². The molecule has 108 valence electrons. The van der Waals surface area contributed by atoms with Crippen LogP contribution in [-0.2, 0) is 9.59 Å². The number of aliphatic hydroxyl groups excluding tert-OH is 1. The van der Waals surface area contributed by atoms with Gasteiger partial charge in [0, 0.05) is 30.9 Å². The molecule has 0 aromatic rings. The first-order valence-corrected chi connectivity index (χ1v) is 7.60. The molecular weight excluding hydrogens is 280 g/mol. The van der Waals surface area contributed by atoms with Gasteiger partial charge in [-0.15, -0.1) is 0 Å². The first-order chi connectivity index (χ1) is 9.67. The van der Waals surface area contributed by atoms with Crippen LogP contribution in [0.2, 0.25) is 0 Å². The topological polar surface area (TPSA) is 97.0 Å². The van der Waals surface area contributed by atoms with Crippen molar-refractivity contribution in [3.63, 3.8) is 0 Å². The van der Waals surface area contributed by atoms with E-state index in [2.05, 4.69) is 11.2 Å². The van der Waals surface area contributed by atoms with Gasteiger partial charge < -0.3 is 10.0 Å². The van der Waals surface area contributed by atoms with E-state index < -0.39 is 6.04 Å². The number of β-amino-alcohol motifs (C(OH)–C–C–N with tert-alkyl or cyclic N) is 1. The summed E-state index contributed by atoms with van der Waals surface area (Å²) >= 11 is 1.65. The van der Waals surface area contributed by atoms with E-state index >= 15 is 0 Å². The van der Waals surface area contributed by atoms with Gasteiger partial charge in [-0.05, 0) is 0 Å². The van der Waals surface area contributed by atoms with Crippen molar-refractivity contribution in [1.29, 1.82) is 5.26 Å². The SMILES string of the molecule is N#CC1CSCCN1C(=O)C1=NN(CCO)C(=O)CC1. The molecule has 2 aliphatic rings. The highest BCUT2D eigenvalue weighted by Gasteiger charge is 2.32. The molecule has 1 atom stereocenters. The predicted octanol–water partition coefficient (Wildman–Crippen LogP) is -0.575. The third kappa shape index (κ3) is 3.11. The Kier molecular flexibility index (Phi) is 4.98. The normalized spacial score (nSPS) is 23.3. The van der Waals surface area contributed by atoms with Crippen LogP contribution in [0.15, 0.2) is 5.10 Å². The van der Waals surface area contributed by atoms with Gasteiger partial charge in [0.2, 0.25) is 5.91 Å². The molecule has 2 rings (SSSR count). The van der Waals surface area contributed by atoms with Gasteiger partial charge in [-0.2, -0.15) is 22.1 Å². The third-order valence-corrected chi connectivity index (χ3v) is 4.22. The number of hydrogen-bond donors (Lipinski definition) is 1. The summed E-state index contributed by atoms with van der Waals surface area (Å²) in [6, 6.07) is 1.69. The van der Waals surface area contributed by atoms with Crippen molar-refractivity contribution < 1.29 is 14.7 Å². The lowest BCUT2D eigenvalue weighted by molar-refractivity contribution is -0.132. The maximum atomic E-state index is 12.4. The van der Waals surface area contributed by atoms with Crippen LogP contribution in [0.4, 0.5) is 0 Å². The molecule has 2 amide bonds. The Labute approximate surface area is 121 Å². The Morgan fingerprint density at radius 1 is 1.55 bits per heavy atom. The molecule has 0 aliphatic carbocycles. The number of nitrogens with zero attached hydrogens (tertiary/aromatic N) is 4. The summed E-state index contributed by atoms with van der Waals surface area (Å²) in [6.45, 7) is 0.416. The Bertz CT molecular complexity index is 474. The minimum Gasteiger partial charge on any atom is -0.394 e. The van der Waals surface area contributed by atoms with Crippen molar-refractivity contribution in [3.8, 4) is 6.07 Å². The Morgan fingerprint density at radius 3 is 3.05 bits per heavy atom. The number of aliphatic hydroxyl groups is 1. The van der Waals surface area contributed by atoms with E-state index in [0.717, 1.165) is 10.8 Å². The van der Waals surface area contributed by atoms with Crippen molar-refractivity contribution in [3.05, 3.63) is 0 Å². The van der Waals surface area contributed by atoms with Crippen LogP contribution in [-0.4, -0.2) is 69.8 Å². The molecule has 1 unspecified atom stereocenters. The number of hydrazone groups is 1. The zero-order valence-corrected chi connectivity index (χ0v) is 11.8. The van der Waals surface area contributed by atoms with Gasteiger partial charge >= 0.3 is 0 Å². The second-order valence-corrected chi connectivity index (χ2v) is 5.66. The highest BCUT2D eigenvalue weighted by atomic mass is 32.2. The molecule has 20 heavy (non-hydrogen) atoms. The summed E-state index contributed by atoms with van der Waals surface area (Å²) in [5.74, 6) is 0.944. The number of rotatable bonds is 3. The van der Waals surface area contributed by atoms with Gasteiger partial charge in [0.15, 0.2) is 0 Å². The van der Waals surface area contributed by atoms with Crippen LogP contribution in [0, 0.1) is 11.3 Å². The maximum Gasteiger partial charge on any atom is 0.271 e. The molecule has 2 heterocycles. The summed E-state index contributed by atoms with van der Waals surface area (Å²) in [4.78, 5) is 25.5. The minimum atomic E-state index is -0.437. The number of carbonyl (C=O) groups excluding carboxylic acids is 2. The molecule has 2 aliphatic heterocycles. The molecule has 0 aromatic heterocycles. The van der Waals surface area contributed by atoms with E-state index in [1.807, 2.05) is 0 Å². The number of amides is 2. The number of hydrogen-bond acceptors (Lipinski definition) is 6. The van der Waals surface area contributed by atoms with Crippen LogP contribution in [0.25, 0.3) is 0 Å². The summed E-state index contributed by atoms with van der Waals surface area (Å²) in [5, 5.41) is 23.1. The lowest BCUT2D eigenvalue weighted by atomic mass is 10.1. The second kappa shape index (κ2) is 6.72. The van der Waals surface area contributed by atoms with Crippen LogP contribution in [0.1, 0.15) is 12.8 Å². The van der Waals surface area contributed by atoms with Gasteiger partial charge in [-0.25, -0.2) is 5.01 Å². The monoisotopic (exact) mass is 296 g/mol.